The van der Waals surface area contributed by atoms with E-state index in [-0.39, 0.29) is 12.2 Å². The van der Waals surface area contributed by atoms with E-state index in [1.165, 1.54) is 17.7 Å². The first kappa shape index (κ1) is 15.0. The molecule has 0 aromatic heterocycles. The molecule has 2 aromatic rings. The highest BCUT2D eigenvalue weighted by Crippen LogP contribution is 2.22. The minimum atomic E-state index is -0.499. The van der Waals surface area contributed by atoms with Crippen molar-refractivity contribution in [3.05, 3.63) is 69.5 Å². The third-order valence-corrected chi connectivity index (χ3v) is 3.27. The number of benzene rings is 2. The number of halogens is 1. The van der Waals surface area contributed by atoms with Gasteiger partial charge in [-0.25, -0.2) is 4.39 Å². The van der Waals surface area contributed by atoms with E-state index in [0.29, 0.717) is 11.5 Å². The van der Waals surface area contributed by atoms with Crippen LogP contribution in [0.2, 0.25) is 0 Å². The lowest BCUT2D eigenvalue weighted by Gasteiger charge is -2.10. The number of nitro groups is 1. The molecular weight excluding hydrogens is 271 g/mol. The lowest BCUT2D eigenvalue weighted by Crippen LogP contribution is -2.04. The van der Waals surface area contributed by atoms with E-state index in [0.717, 1.165) is 11.8 Å². The molecule has 2 aromatic carbocycles. The molecule has 0 heterocycles. The second kappa shape index (κ2) is 6.35. The summed E-state index contributed by atoms with van der Waals surface area (Å²) in [6.07, 6.45) is 0. The van der Waals surface area contributed by atoms with Gasteiger partial charge < -0.3 is 5.32 Å². The number of nitro benzene ring substituents is 1. The van der Waals surface area contributed by atoms with Gasteiger partial charge in [0.2, 0.25) is 0 Å². The maximum atomic E-state index is 13.3. The minimum absolute atomic E-state index is 0.0797. The number of rotatable bonds is 5. The van der Waals surface area contributed by atoms with Gasteiger partial charge in [-0.3, -0.25) is 10.1 Å². The molecule has 4 nitrogen and oxygen atoms in total. The molecule has 0 aliphatic carbocycles. The molecule has 1 N–H and O–H groups in total. The van der Waals surface area contributed by atoms with Crippen LogP contribution in [0.5, 0.6) is 0 Å². The molecule has 0 fully saturated rings. The van der Waals surface area contributed by atoms with Crippen LogP contribution in [0.3, 0.4) is 0 Å². The van der Waals surface area contributed by atoms with Crippen LogP contribution in [0.1, 0.15) is 30.9 Å². The van der Waals surface area contributed by atoms with Crippen molar-refractivity contribution in [2.75, 3.05) is 5.32 Å². The molecule has 0 aliphatic heterocycles. The molecular formula is C16H17FN2O2. The van der Waals surface area contributed by atoms with E-state index in [2.05, 4.69) is 19.2 Å². The van der Waals surface area contributed by atoms with Gasteiger partial charge in [0.05, 0.1) is 10.5 Å². The highest BCUT2D eigenvalue weighted by Gasteiger charge is 2.14. The Bertz CT molecular complexity index is 656. The lowest BCUT2D eigenvalue weighted by atomic mass is 10.0. The SMILES string of the molecule is CC(C)c1cccc(NCc2cc(F)ccc2[N+](=O)[O-])c1. The first-order valence-corrected chi connectivity index (χ1v) is 6.74. The molecule has 0 atom stereocenters. The molecule has 0 amide bonds. The largest absolute Gasteiger partial charge is 0.381 e. The Kier molecular flexibility index (Phi) is 4.52. The Morgan fingerprint density at radius 2 is 2.00 bits per heavy atom. The van der Waals surface area contributed by atoms with Gasteiger partial charge in [-0.2, -0.15) is 0 Å². The number of anilines is 1. The van der Waals surface area contributed by atoms with E-state index in [9.17, 15) is 14.5 Å². The van der Waals surface area contributed by atoms with Crippen LogP contribution >= 0.6 is 0 Å². The van der Waals surface area contributed by atoms with Crippen molar-refractivity contribution >= 4 is 11.4 Å². The predicted molar refractivity (Wildman–Crippen MR) is 80.9 cm³/mol. The summed E-state index contributed by atoms with van der Waals surface area (Å²) in [6.45, 7) is 4.39. The topological polar surface area (TPSA) is 55.2 Å². The number of nitrogens with zero attached hydrogens (tertiary/aromatic N) is 1. The summed E-state index contributed by atoms with van der Waals surface area (Å²) >= 11 is 0. The van der Waals surface area contributed by atoms with Crippen molar-refractivity contribution in [2.24, 2.45) is 0 Å². The fourth-order valence-electron chi connectivity index (χ4n) is 2.08. The molecule has 0 unspecified atom stereocenters. The Hall–Kier alpha value is -2.43. The zero-order valence-electron chi connectivity index (χ0n) is 12.0. The van der Waals surface area contributed by atoms with Crippen molar-refractivity contribution in [1.82, 2.24) is 0 Å². The quantitative estimate of drug-likeness (QED) is 0.652. The van der Waals surface area contributed by atoms with Crippen LogP contribution in [0, 0.1) is 15.9 Å². The summed E-state index contributed by atoms with van der Waals surface area (Å²) in [5.74, 6) is -0.0800. The molecule has 21 heavy (non-hydrogen) atoms. The molecule has 5 heteroatoms. The van der Waals surface area contributed by atoms with Crippen molar-refractivity contribution in [1.29, 1.82) is 0 Å². The van der Waals surface area contributed by atoms with E-state index >= 15 is 0 Å². The predicted octanol–water partition coefficient (Wildman–Crippen LogP) is 4.47. The Morgan fingerprint density at radius 1 is 1.24 bits per heavy atom. The van der Waals surface area contributed by atoms with Gasteiger partial charge in [0, 0.05) is 18.3 Å². The van der Waals surface area contributed by atoms with E-state index in [4.69, 9.17) is 0 Å². The molecule has 0 bridgehead atoms. The number of nitrogens with one attached hydrogen (secondary N) is 1. The summed E-state index contributed by atoms with van der Waals surface area (Å²) < 4.78 is 13.3. The van der Waals surface area contributed by atoms with Crippen LogP contribution < -0.4 is 5.32 Å². The maximum absolute atomic E-state index is 13.3. The van der Waals surface area contributed by atoms with Gasteiger partial charge in [0.25, 0.3) is 5.69 Å². The van der Waals surface area contributed by atoms with Crippen LogP contribution in [0.15, 0.2) is 42.5 Å². The van der Waals surface area contributed by atoms with Gasteiger partial charge in [-0.05, 0) is 35.7 Å². The average Bonchev–Trinajstić information content (AvgIpc) is 2.45. The molecule has 2 rings (SSSR count). The number of hydrogen-bond donors (Lipinski definition) is 1. The summed E-state index contributed by atoms with van der Waals surface area (Å²) in [5, 5.41) is 14.1. The fraction of sp³-hybridized carbons (Fsp3) is 0.250. The van der Waals surface area contributed by atoms with Crippen molar-refractivity contribution in [3.8, 4) is 0 Å². The molecule has 110 valence electrons. The Labute approximate surface area is 122 Å². The normalized spacial score (nSPS) is 10.7. The van der Waals surface area contributed by atoms with E-state index in [1.807, 2.05) is 24.3 Å². The first-order chi connectivity index (χ1) is 9.97. The maximum Gasteiger partial charge on any atom is 0.274 e. The summed E-state index contributed by atoms with van der Waals surface area (Å²) in [5.41, 5.74) is 2.28. The van der Waals surface area contributed by atoms with Crippen molar-refractivity contribution < 1.29 is 9.31 Å². The Balaban J connectivity index is 2.18. The second-order valence-corrected chi connectivity index (χ2v) is 5.16. The first-order valence-electron chi connectivity index (χ1n) is 6.74. The van der Waals surface area contributed by atoms with Gasteiger partial charge in [0.15, 0.2) is 0 Å². The highest BCUT2D eigenvalue weighted by molar-refractivity contribution is 5.49. The molecule has 0 saturated carbocycles. The van der Waals surface area contributed by atoms with E-state index < -0.39 is 10.7 Å². The standard InChI is InChI=1S/C16H17FN2O2/c1-11(2)12-4-3-5-15(9-12)18-10-13-8-14(17)6-7-16(13)19(20)21/h3-9,11,18H,10H2,1-2H3. The fourth-order valence-corrected chi connectivity index (χ4v) is 2.08. The van der Waals surface area contributed by atoms with Crippen LogP contribution in [0.4, 0.5) is 15.8 Å². The monoisotopic (exact) mass is 288 g/mol. The zero-order valence-corrected chi connectivity index (χ0v) is 12.0. The second-order valence-electron chi connectivity index (χ2n) is 5.16. The highest BCUT2D eigenvalue weighted by atomic mass is 19.1. The minimum Gasteiger partial charge on any atom is -0.381 e. The molecule has 0 radical (unpaired) electrons. The van der Waals surface area contributed by atoms with Crippen molar-refractivity contribution in [2.45, 2.75) is 26.3 Å². The summed E-state index contributed by atoms with van der Waals surface area (Å²) in [7, 11) is 0. The van der Waals surface area contributed by atoms with Gasteiger partial charge in [-0.1, -0.05) is 26.0 Å². The third-order valence-electron chi connectivity index (χ3n) is 3.27. The molecule has 0 saturated heterocycles. The number of hydrogen-bond acceptors (Lipinski definition) is 3. The van der Waals surface area contributed by atoms with Gasteiger partial charge >= 0.3 is 0 Å². The summed E-state index contributed by atoms with van der Waals surface area (Å²) in [6, 6.07) is 11.3. The van der Waals surface area contributed by atoms with Crippen LogP contribution in [-0.4, -0.2) is 4.92 Å². The Morgan fingerprint density at radius 3 is 2.67 bits per heavy atom. The van der Waals surface area contributed by atoms with Crippen LogP contribution in [0.25, 0.3) is 0 Å². The third kappa shape index (κ3) is 3.78. The average molecular weight is 288 g/mol. The van der Waals surface area contributed by atoms with E-state index in [1.54, 1.807) is 0 Å². The summed E-state index contributed by atoms with van der Waals surface area (Å²) in [4.78, 5) is 10.4. The molecule has 0 spiro atoms. The van der Waals surface area contributed by atoms with Gasteiger partial charge in [-0.15, -0.1) is 0 Å². The van der Waals surface area contributed by atoms with Crippen LogP contribution in [-0.2, 0) is 6.54 Å². The smallest absolute Gasteiger partial charge is 0.274 e. The lowest BCUT2D eigenvalue weighted by molar-refractivity contribution is -0.385. The zero-order chi connectivity index (χ0) is 15.4. The molecule has 0 aliphatic rings. The van der Waals surface area contributed by atoms with Crippen molar-refractivity contribution in [3.63, 3.8) is 0 Å². The van der Waals surface area contributed by atoms with Gasteiger partial charge in [0.1, 0.15) is 5.82 Å².